The number of benzene rings is 5. The van der Waals surface area contributed by atoms with Crippen LogP contribution in [0.3, 0.4) is 0 Å². The molecule has 6 heteroatoms. The smallest absolute Gasteiger partial charge is 0.194 e. The topological polar surface area (TPSA) is 17.1 Å². The van der Waals surface area contributed by atoms with E-state index in [1.54, 1.807) is 60.3 Å². The number of carbonyl (C=O) groups is 1. The molecule has 0 fully saturated rings. The summed E-state index contributed by atoms with van der Waals surface area (Å²) in [7, 11) is -0.970. The van der Waals surface area contributed by atoms with Gasteiger partial charge in [0.1, 0.15) is 11.6 Å². The van der Waals surface area contributed by atoms with Crippen LogP contribution in [0.4, 0.5) is 8.78 Å². The summed E-state index contributed by atoms with van der Waals surface area (Å²) >= 11 is 7.77. The Morgan fingerprint density at radius 1 is 0.595 bits per heavy atom. The van der Waals surface area contributed by atoms with Gasteiger partial charge in [-0.05, 0) is 124 Å². The van der Waals surface area contributed by atoms with Crippen LogP contribution in [0.2, 0.25) is 5.02 Å². The summed E-state index contributed by atoms with van der Waals surface area (Å²) in [4.78, 5) is 17.9. The fourth-order valence-electron chi connectivity index (χ4n) is 3.90. The standard InChI is InChI=1S/C31H21ClF2OS2/c32-30-4-2-1-3-29(30)31(35)21-5-11-24(12-6-21)36-25-13-19-28(20-14-25)37(26-15-7-22(33)8-16-26)27-17-9-23(34)10-18-27/h1-20,37H. The Morgan fingerprint density at radius 3 is 1.51 bits per heavy atom. The molecule has 0 aromatic heterocycles. The molecule has 0 heterocycles. The van der Waals surface area contributed by atoms with Gasteiger partial charge in [-0.2, -0.15) is 10.9 Å². The summed E-state index contributed by atoms with van der Waals surface area (Å²) in [5.41, 5.74) is 1.07. The summed E-state index contributed by atoms with van der Waals surface area (Å²) in [6, 6.07) is 35.7. The molecule has 0 aliphatic rings. The van der Waals surface area contributed by atoms with E-state index in [9.17, 15) is 13.6 Å². The van der Waals surface area contributed by atoms with E-state index in [4.69, 9.17) is 11.6 Å². The molecular formula is C31H21ClF2OS2. The lowest BCUT2D eigenvalue weighted by atomic mass is 10.0. The van der Waals surface area contributed by atoms with E-state index in [2.05, 4.69) is 12.1 Å². The molecule has 0 spiro atoms. The summed E-state index contributed by atoms with van der Waals surface area (Å²) in [6.45, 7) is 0. The number of ketones is 1. The average molecular weight is 547 g/mol. The van der Waals surface area contributed by atoms with Crippen molar-refractivity contribution >= 4 is 40.0 Å². The van der Waals surface area contributed by atoms with Gasteiger partial charge in [0.15, 0.2) is 5.78 Å². The molecule has 5 rings (SSSR count). The second-order valence-electron chi connectivity index (χ2n) is 8.22. The number of rotatable bonds is 7. The van der Waals surface area contributed by atoms with Crippen molar-refractivity contribution in [3.8, 4) is 0 Å². The van der Waals surface area contributed by atoms with Crippen molar-refractivity contribution in [1.82, 2.24) is 0 Å². The van der Waals surface area contributed by atoms with Gasteiger partial charge in [0, 0.05) is 20.9 Å². The van der Waals surface area contributed by atoms with Crippen molar-refractivity contribution in [3.05, 3.63) is 149 Å². The Bertz CT molecular complexity index is 1470. The van der Waals surface area contributed by atoms with Gasteiger partial charge in [0.25, 0.3) is 0 Å². The fraction of sp³-hybridized carbons (Fsp3) is 0. The van der Waals surface area contributed by atoms with Crippen molar-refractivity contribution in [1.29, 1.82) is 0 Å². The molecule has 0 radical (unpaired) electrons. The van der Waals surface area contributed by atoms with Gasteiger partial charge in [0.05, 0.1) is 5.02 Å². The van der Waals surface area contributed by atoms with Gasteiger partial charge in [-0.3, -0.25) is 4.79 Å². The van der Waals surface area contributed by atoms with E-state index in [1.165, 1.54) is 24.3 Å². The normalized spacial score (nSPS) is 11.3. The Balaban J connectivity index is 1.36. The summed E-state index contributed by atoms with van der Waals surface area (Å²) < 4.78 is 27.1. The molecule has 0 atom stereocenters. The predicted molar refractivity (Wildman–Crippen MR) is 148 cm³/mol. The number of hydrogen-bond acceptors (Lipinski definition) is 2. The second-order valence-corrected chi connectivity index (χ2v) is 12.0. The molecule has 0 saturated carbocycles. The van der Waals surface area contributed by atoms with E-state index < -0.39 is 10.9 Å². The Hall–Kier alpha value is -3.38. The zero-order valence-corrected chi connectivity index (χ0v) is 21.9. The molecule has 0 saturated heterocycles. The summed E-state index contributed by atoms with van der Waals surface area (Å²) in [6.07, 6.45) is 0. The number of hydrogen-bond donors (Lipinski definition) is 1. The Morgan fingerprint density at radius 2 is 1.03 bits per heavy atom. The van der Waals surface area contributed by atoms with Gasteiger partial charge in [-0.15, -0.1) is 0 Å². The third-order valence-corrected chi connectivity index (χ3v) is 9.52. The lowest BCUT2D eigenvalue weighted by molar-refractivity contribution is 0.103. The first-order valence-electron chi connectivity index (χ1n) is 11.5. The third-order valence-electron chi connectivity index (χ3n) is 5.74. The van der Waals surface area contributed by atoms with Gasteiger partial charge >= 0.3 is 0 Å². The molecule has 184 valence electrons. The fourth-order valence-corrected chi connectivity index (χ4v) is 7.18. The van der Waals surface area contributed by atoms with Crippen molar-refractivity contribution in [2.24, 2.45) is 0 Å². The van der Waals surface area contributed by atoms with Crippen LogP contribution in [0.5, 0.6) is 0 Å². The van der Waals surface area contributed by atoms with E-state index in [1.807, 2.05) is 36.4 Å². The molecule has 0 amide bonds. The highest BCUT2D eigenvalue weighted by Crippen LogP contribution is 2.51. The first kappa shape index (κ1) is 25.3. The zero-order valence-electron chi connectivity index (χ0n) is 19.4. The second kappa shape index (κ2) is 11.3. The van der Waals surface area contributed by atoms with Crippen molar-refractivity contribution in [2.75, 3.05) is 0 Å². The molecule has 5 aromatic carbocycles. The number of halogens is 3. The first-order chi connectivity index (χ1) is 18.0. The first-order valence-corrected chi connectivity index (χ1v) is 14.0. The highest BCUT2D eigenvalue weighted by atomic mass is 35.5. The van der Waals surface area contributed by atoms with E-state index in [0.717, 1.165) is 24.5 Å². The van der Waals surface area contributed by atoms with Crippen LogP contribution < -0.4 is 0 Å². The largest absolute Gasteiger partial charge is 0.289 e. The molecule has 0 N–H and O–H groups in total. The van der Waals surface area contributed by atoms with Crippen LogP contribution in [-0.4, -0.2) is 5.78 Å². The van der Waals surface area contributed by atoms with Crippen molar-refractivity contribution in [2.45, 2.75) is 24.5 Å². The van der Waals surface area contributed by atoms with Crippen LogP contribution in [0.1, 0.15) is 15.9 Å². The maximum Gasteiger partial charge on any atom is 0.194 e. The van der Waals surface area contributed by atoms with Crippen LogP contribution >= 0.6 is 34.3 Å². The molecule has 37 heavy (non-hydrogen) atoms. The van der Waals surface area contributed by atoms with Gasteiger partial charge in [-0.1, -0.05) is 35.5 Å². The number of thiol groups is 1. The molecule has 0 aliphatic carbocycles. The summed E-state index contributed by atoms with van der Waals surface area (Å²) in [5, 5.41) is 0.437. The van der Waals surface area contributed by atoms with Crippen molar-refractivity contribution in [3.63, 3.8) is 0 Å². The monoisotopic (exact) mass is 546 g/mol. The van der Waals surface area contributed by atoms with Gasteiger partial charge in [-0.25, -0.2) is 8.78 Å². The van der Waals surface area contributed by atoms with E-state index in [-0.39, 0.29) is 17.4 Å². The minimum atomic E-state index is -0.970. The van der Waals surface area contributed by atoms with Crippen LogP contribution in [0.25, 0.3) is 0 Å². The summed E-state index contributed by atoms with van der Waals surface area (Å²) in [5.74, 6) is -0.685. The minimum absolute atomic E-state index is 0.110. The average Bonchev–Trinajstić information content (AvgIpc) is 2.92. The van der Waals surface area contributed by atoms with Crippen LogP contribution in [0, 0.1) is 11.6 Å². The maximum absolute atomic E-state index is 13.6. The van der Waals surface area contributed by atoms with E-state index >= 15 is 0 Å². The molecule has 0 unspecified atom stereocenters. The van der Waals surface area contributed by atoms with Gasteiger partial charge in [0.2, 0.25) is 0 Å². The van der Waals surface area contributed by atoms with Crippen molar-refractivity contribution < 1.29 is 13.6 Å². The minimum Gasteiger partial charge on any atom is -0.289 e. The van der Waals surface area contributed by atoms with Crippen LogP contribution in [-0.2, 0) is 0 Å². The Kier molecular flexibility index (Phi) is 7.75. The SMILES string of the molecule is O=C(c1ccc(Sc2ccc([SH](c3ccc(F)cc3)c3ccc(F)cc3)cc2)cc1)c1ccccc1Cl. The van der Waals surface area contributed by atoms with E-state index in [0.29, 0.717) is 16.1 Å². The highest BCUT2D eigenvalue weighted by molar-refractivity contribution is 8.17. The quantitative estimate of drug-likeness (QED) is 0.162. The lowest BCUT2D eigenvalue weighted by Gasteiger charge is -2.23. The lowest BCUT2D eigenvalue weighted by Crippen LogP contribution is -2.01. The molecule has 1 nitrogen and oxygen atoms in total. The molecule has 0 bridgehead atoms. The third kappa shape index (κ3) is 5.96. The molecule has 5 aromatic rings. The number of carbonyl (C=O) groups excluding carboxylic acids is 1. The Labute approximate surface area is 226 Å². The van der Waals surface area contributed by atoms with Gasteiger partial charge < -0.3 is 0 Å². The maximum atomic E-state index is 13.6. The highest BCUT2D eigenvalue weighted by Gasteiger charge is 2.15. The molecular weight excluding hydrogens is 526 g/mol. The molecule has 0 aliphatic heterocycles. The van der Waals surface area contributed by atoms with Crippen LogP contribution in [0.15, 0.2) is 146 Å². The predicted octanol–water partition coefficient (Wildman–Crippen LogP) is 9.48. The zero-order chi connectivity index (χ0) is 25.8.